The van der Waals surface area contributed by atoms with E-state index in [4.69, 9.17) is 10.5 Å². The standard InChI is InChI=1S/C11H23N3O4S.ClH/c1-2-18-6-7-19(16,17)13-9-11(15)14-5-3-4-10(14)8-12;/h10,13H,2-9,12H2,1H3;1H. The molecule has 1 rings (SSSR count). The highest BCUT2D eigenvalue weighted by Crippen LogP contribution is 2.15. The lowest BCUT2D eigenvalue weighted by Gasteiger charge is -2.23. The number of amides is 1. The number of hydrogen-bond acceptors (Lipinski definition) is 5. The van der Waals surface area contributed by atoms with Gasteiger partial charge in [-0.3, -0.25) is 4.79 Å². The third-order valence-electron chi connectivity index (χ3n) is 3.11. The van der Waals surface area contributed by atoms with Crippen molar-refractivity contribution < 1.29 is 17.9 Å². The first-order valence-electron chi connectivity index (χ1n) is 6.54. The summed E-state index contributed by atoms with van der Waals surface area (Å²) >= 11 is 0. The number of nitrogens with one attached hydrogen (secondary N) is 1. The maximum atomic E-state index is 11.9. The fraction of sp³-hybridized carbons (Fsp3) is 0.909. The summed E-state index contributed by atoms with van der Waals surface area (Å²) in [4.78, 5) is 13.6. The number of hydrogen-bond donors (Lipinski definition) is 2. The van der Waals surface area contributed by atoms with Gasteiger partial charge < -0.3 is 15.4 Å². The summed E-state index contributed by atoms with van der Waals surface area (Å²) in [5.41, 5.74) is 5.58. The van der Waals surface area contributed by atoms with Gasteiger partial charge in [0.1, 0.15) is 0 Å². The van der Waals surface area contributed by atoms with Crippen LogP contribution in [0.4, 0.5) is 0 Å². The molecule has 1 aliphatic rings. The van der Waals surface area contributed by atoms with Crippen molar-refractivity contribution in [2.75, 3.05) is 38.6 Å². The molecule has 1 aliphatic heterocycles. The normalized spacial score (nSPS) is 18.9. The minimum atomic E-state index is -3.46. The van der Waals surface area contributed by atoms with E-state index in [9.17, 15) is 13.2 Å². The number of likely N-dealkylation sites (tertiary alicyclic amines) is 1. The van der Waals surface area contributed by atoms with E-state index in [0.717, 1.165) is 12.8 Å². The van der Waals surface area contributed by atoms with Gasteiger partial charge in [-0.25, -0.2) is 13.1 Å². The van der Waals surface area contributed by atoms with Crippen molar-refractivity contribution in [1.82, 2.24) is 9.62 Å². The third-order valence-corrected chi connectivity index (χ3v) is 4.40. The second-order valence-electron chi connectivity index (χ2n) is 4.46. The molecular weight excluding hydrogens is 306 g/mol. The Labute approximate surface area is 126 Å². The summed E-state index contributed by atoms with van der Waals surface area (Å²) in [7, 11) is -3.46. The van der Waals surface area contributed by atoms with Crippen molar-refractivity contribution in [3.63, 3.8) is 0 Å². The number of nitrogens with two attached hydrogens (primary N) is 1. The van der Waals surface area contributed by atoms with Crippen LogP contribution in [0.25, 0.3) is 0 Å². The average molecular weight is 330 g/mol. The maximum absolute atomic E-state index is 11.9. The van der Waals surface area contributed by atoms with Gasteiger partial charge in [0, 0.05) is 25.7 Å². The van der Waals surface area contributed by atoms with Gasteiger partial charge in [-0.2, -0.15) is 0 Å². The van der Waals surface area contributed by atoms with Gasteiger partial charge in [-0.05, 0) is 19.8 Å². The van der Waals surface area contributed by atoms with E-state index in [1.807, 2.05) is 0 Å². The molecule has 0 bridgehead atoms. The Bertz CT molecular complexity index is 391. The molecule has 1 heterocycles. The number of carbonyl (C=O) groups excluding carboxylic acids is 1. The Hall–Kier alpha value is -0.410. The van der Waals surface area contributed by atoms with Crippen LogP contribution in [0.5, 0.6) is 0 Å². The van der Waals surface area contributed by atoms with E-state index >= 15 is 0 Å². The van der Waals surface area contributed by atoms with Crippen molar-refractivity contribution in [1.29, 1.82) is 0 Å². The second-order valence-corrected chi connectivity index (χ2v) is 6.38. The first kappa shape index (κ1) is 19.6. The molecule has 0 radical (unpaired) electrons. The molecule has 1 saturated heterocycles. The highest BCUT2D eigenvalue weighted by atomic mass is 35.5. The molecule has 9 heteroatoms. The van der Waals surface area contributed by atoms with E-state index < -0.39 is 10.0 Å². The van der Waals surface area contributed by atoms with Crippen LogP contribution in [-0.4, -0.2) is 63.9 Å². The molecule has 0 saturated carbocycles. The van der Waals surface area contributed by atoms with Gasteiger partial charge >= 0.3 is 0 Å². The number of carbonyl (C=O) groups is 1. The van der Waals surface area contributed by atoms with Gasteiger partial charge in [0.05, 0.1) is 18.9 Å². The van der Waals surface area contributed by atoms with Crippen molar-refractivity contribution in [3.8, 4) is 0 Å². The largest absolute Gasteiger partial charge is 0.381 e. The van der Waals surface area contributed by atoms with Gasteiger partial charge in [-0.1, -0.05) is 0 Å². The predicted molar refractivity (Wildman–Crippen MR) is 79.3 cm³/mol. The smallest absolute Gasteiger partial charge is 0.237 e. The lowest BCUT2D eigenvalue weighted by atomic mass is 10.2. The SMILES string of the molecule is CCOCCS(=O)(=O)NCC(=O)N1CCCC1CN.Cl. The van der Waals surface area contributed by atoms with E-state index in [-0.39, 0.29) is 43.3 Å². The molecule has 7 nitrogen and oxygen atoms in total. The molecule has 1 amide bonds. The van der Waals surface area contributed by atoms with Crippen LogP contribution in [0.2, 0.25) is 0 Å². The Morgan fingerprint density at radius 3 is 2.80 bits per heavy atom. The monoisotopic (exact) mass is 329 g/mol. The van der Waals surface area contributed by atoms with Crippen LogP contribution in [0, 0.1) is 0 Å². The molecule has 0 spiro atoms. The first-order valence-corrected chi connectivity index (χ1v) is 8.20. The van der Waals surface area contributed by atoms with E-state index in [1.54, 1.807) is 11.8 Å². The average Bonchev–Trinajstić information content (AvgIpc) is 2.84. The summed E-state index contributed by atoms with van der Waals surface area (Å²) in [6, 6.07) is 0.0421. The number of ether oxygens (including phenoxy) is 1. The molecule has 0 aromatic carbocycles. The summed E-state index contributed by atoms with van der Waals surface area (Å²) in [6.45, 7) is 3.27. The molecule has 1 unspecified atom stereocenters. The van der Waals surface area contributed by atoms with Crippen LogP contribution in [0.3, 0.4) is 0 Å². The zero-order chi connectivity index (χ0) is 14.3. The molecule has 0 aliphatic carbocycles. The fourth-order valence-corrected chi connectivity index (χ4v) is 2.89. The summed E-state index contributed by atoms with van der Waals surface area (Å²) in [6.07, 6.45) is 1.81. The van der Waals surface area contributed by atoms with Crippen LogP contribution in [-0.2, 0) is 19.6 Å². The number of sulfonamides is 1. The summed E-state index contributed by atoms with van der Waals surface area (Å²) in [5, 5.41) is 0. The Balaban J connectivity index is 0.00000361. The van der Waals surface area contributed by atoms with E-state index in [1.165, 1.54) is 0 Å². The lowest BCUT2D eigenvalue weighted by molar-refractivity contribution is -0.130. The minimum Gasteiger partial charge on any atom is -0.381 e. The van der Waals surface area contributed by atoms with Crippen molar-refractivity contribution in [2.24, 2.45) is 5.73 Å². The highest BCUT2D eigenvalue weighted by molar-refractivity contribution is 7.89. The molecule has 20 heavy (non-hydrogen) atoms. The van der Waals surface area contributed by atoms with Crippen molar-refractivity contribution in [3.05, 3.63) is 0 Å². The van der Waals surface area contributed by atoms with Crippen LogP contribution < -0.4 is 10.5 Å². The van der Waals surface area contributed by atoms with Gasteiger partial charge in [0.2, 0.25) is 15.9 Å². The van der Waals surface area contributed by atoms with Crippen molar-refractivity contribution in [2.45, 2.75) is 25.8 Å². The first-order chi connectivity index (χ1) is 9.00. The van der Waals surface area contributed by atoms with Gasteiger partial charge in [-0.15, -0.1) is 12.4 Å². The molecule has 0 aromatic heterocycles. The summed E-state index contributed by atoms with van der Waals surface area (Å²) < 4.78 is 30.5. The number of rotatable bonds is 8. The van der Waals surface area contributed by atoms with E-state index in [2.05, 4.69) is 4.72 Å². The quantitative estimate of drug-likeness (QED) is 0.574. The summed E-state index contributed by atoms with van der Waals surface area (Å²) in [5.74, 6) is -0.345. The molecule has 1 fully saturated rings. The van der Waals surface area contributed by atoms with Gasteiger partial charge in [0.15, 0.2) is 0 Å². The van der Waals surface area contributed by atoms with Crippen LogP contribution >= 0.6 is 12.4 Å². The van der Waals surface area contributed by atoms with Crippen LogP contribution in [0.1, 0.15) is 19.8 Å². The molecule has 1 atom stereocenters. The Morgan fingerprint density at radius 2 is 2.20 bits per heavy atom. The predicted octanol–water partition coefficient (Wildman–Crippen LogP) is -0.686. The second kappa shape index (κ2) is 9.51. The molecule has 0 aromatic rings. The Morgan fingerprint density at radius 1 is 1.50 bits per heavy atom. The minimum absolute atomic E-state index is 0. The Kier molecular flexibility index (Phi) is 9.32. The zero-order valence-electron chi connectivity index (χ0n) is 11.7. The maximum Gasteiger partial charge on any atom is 0.237 e. The molecule has 3 N–H and O–H groups in total. The topological polar surface area (TPSA) is 102 Å². The third kappa shape index (κ3) is 6.36. The highest BCUT2D eigenvalue weighted by Gasteiger charge is 2.27. The van der Waals surface area contributed by atoms with Crippen LogP contribution in [0.15, 0.2) is 0 Å². The number of halogens is 1. The fourth-order valence-electron chi connectivity index (χ4n) is 2.07. The number of nitrogens with zero attached hydrogens (tertiary/aromatic N) is 1. The molecular formula is C11H24ClN3O4S. The zero-order valence-corrected chi connectivity index (χ0v) is 13.3. The molecule has 120 valence electrons. The lowest BCUT2D eigenvalue weighted by Crippen LogP contribution is -2.45. The van der Waals surface area contributed by atoms with Crippen molar-refractivity contribution >= 4 is 28.3 Å². The van der Waals surface area contributed by atoms with E-state index in [0.29, 0.717) is 19.7 Å². The van der Waals surface area contributed by atoms with Gasteiger partial charge in [0.25, 0.3) is 0 Å².